The molecule has 0 aromatic heterocycles. The van der Waals surface area contributed by atoms with Crippen LogP contribution < -0.4 is 15.4 Å². The molecule has 0 aliphatic carbocycles. The molecule has 0 aliphatic heterocycles. The van der Waals surface area contributed by atoms with E-state index in [9.17, 15) is 18.0 Å². The van der Waals surface area contributed by atoms with Crippen molar-refractivity contribution in [3.8, 4) is 0 Å². The molecule has 196 valence electrons. The largest absolute Gasteiger partial charge is 0.340 e. The smallest absolute Gasteiger partial charge is 0.251 e. The predicted octanol–water partition coefficient (Wildman–Crippen LogP) is 4.90. The van der Waals surface area contributed by atoms with Gasteiger partial charge < -0.3 is 10.6 Å². The van der Waals surface area contributed by atoms with Gasteiger partial charge in [-0.05, 0) is 36.2 Å². The Hall–Kier alpha value is -4.01. The third-order valence-electron chi connectivity index (χ3n) is 6.19. The Bertz CT molecular complexity index is 1510. The first-order valence-corrected chi connectivity index (χ1v) is 14.1. The lowest BCUT2D eigenvalue weighted by Gasteiger charge is -2.20. The average Bonchev–Trinajstić information content (AvgIpc) is 2.93. The minimum atomic E-state index is -3.73. The van der Waals surface area contributed by atoms with Gasteiger partial charge in [0.05, 0.1) is 4.90 Å². The molecule has 0 fully saturated rings. The number of sulfonamides is 1. The fraction of sp³-hybridized carbons (Fsp3) is 0.200. The molecule has 4 rings (SSSR count). The van der Waals surface area contributed by atoms with Crippen LogP contribution >= 0.6 is 0 Å². The zero-order valence-corrected chi connectivity index (χ0v) is 22.0. The molecule has 2 amide bonds. The van der Waals surface area contributed by atoms with Gasteiger partial charge in [-0.3, -0.25) is 9.59 Å². The summed E-state index contributed by atoms with van der Waals surface area (Å²) in [5.74, 6) is -0.758. The number of amides is 2. The highest BCUT2D eigenvalue weighted by atomic mass is 32.2. The van der Waals surface area contributed by atoms with E-state index in [1.165, 1.54) is 0 Å². The van der Waals surface area contributed by atoms with Crippen molar-refractivity contribution in [2.45, 2.75) is 37.1 Å². The summed E-state index contributed by atoms with van der Waals surface area (Å²) in [4.78, 5) is 26.6. The number of hydrogen-bond donors (Lipinski definition) is 3. The Morgan fingerprint density at radius 2 is 1.45 bits per heavy atom. The molecule has 4 aromatic rings. The van der Waals surface area contributed by atoms with Gasteiger partial charge in [0, 0.05) is 35.0 Å². The van der Waals surface area contributed by atoms with Crippen LogP contribution in [0.1, 0.15) is 35.7 Å². The molecule has 0 unspecified atom stereocenters. The molecule has 7 nitrogen and oxygen atoms in total. The van der Waals surface area contributed by atoms with Crippen LogP contribution in [0.15, 0.2) is 102 Å². The molecule has 0 spiro atoms. The molecule has 8 heteroatoms. The molecule has 38 heavy (non-hydrogen) atoms. The number of fused-ring (bicyclic) bond motifs is 1. The molecule has 0 radical (unpaired) electrons. The van der Waals surface area contributed by atoms with Gasteiger partial charge >= 0.3 is 0 Å². The summed E-state index contributed by atoms with van der Waals surface area (Å²) in [6.45, 7) is 2.35. The summed E-state index contributed by atoms with van der Waals surface area (Å²) in [6.07, 6.45) is 1.90. The Morgan fingerprint density at radius 1 is 0.789 bits per heavy atom. The summed E-state index contributed by atoms with van der Waals surface area (Å²) in [6, 6.07) is 27.4. The van der Waals surface area contributed by atoms with Crippen molar-refractivity contribution in [2.24, 2.45) is 0 Å². The van der Waals surface area contributed by atoms with Crippen molar-refractivity contribution in [1.82, 2.24) is 10.0 Å². The number of hydrogen-bond acceptors (Lipinski definition) is 4. The number of unbranched alkanes of at least 4 members (excludes halogenated alkanes) is 1. The first-order chi connectivity index (χ1) is 18.4. The first kappa shape index (κ1) is 27.0. The number of carbonyl (C=O) groups excluding carboxylic acids is 2. The molecule has 0 saturated heterocycles. The molecular weight excluding hydrogens is 498 g/mol. The topological polar surface area (TPSA) is 104 Å². The average molecular weight is 530 g/mol. The van der Waals surface area contributed by atoms with E-state index < -0.39 is 22.0 Å². The molecule has 1 atom stereocenters. The highest BCUT2D eigenvalue weighted by Gasteiger charge is 2.24. The highest BCUT2D eigenvalue weighted by Crippen LogP contribution is 2.29. The lowest BCUT2D eigenvalue weighted by molar-refractivity contribution is -0.118. The monoisotopic (exact) mass is 529 g/mol. The lowest BCUT2D eigenvalue weighted by atomic mass is 10.0. The second kappa shape index (κ2) is 12.5. The van der Waals surface area contributed by atoms with Crippen LogP contribution in [0.4, 0.5) is 5.69 Å². The maximum absolute atomic E-state index is 13.5. The van der Waals surface area contributed by atoms with Crippen LogP contribution in [-0.4, -0.2) is 32.8 Å². The maximum Gasteiger partial charge on any atom is 0.251 e. The van der Waals surface area contributed by atoms with Crippen molar-refractivity contribution in [2.75, 3.05) is 11.9 Å². The van der Waals surface area contributed by atoms with Gasteiger partial charge in [0.1, 0.15) is 6.04 Å². The zero-order chi connectivity index (χ0) is 27.0. The Kier molecular flexibility index (Phi) is 8.89. The van der Waals surface area contributed by atoms with Gasteiger partial charge in [-0.1, -0.05) is 86.1 Å². The molecule has 0 aliphatic rings. The van der Waals surface area contributed by atoms with Crippen LogP contribution in [0.25, 0.3) is 10.8 Å². The molecule has 0 saturated carbocycles. The summed E-state index contributed by atoms with van der Waals surface area (Å²) in [7, 11) is -3.73. The fourth-order valence-corrected chi connectivity index (χ4v) is 5.49. The number of carbonyl (C=O) groups is 2. The van der Waals surface area contributed by atoms with E-state index in [1.807, 2.05) is 43.3 Å². The van der Waals surface area contributed by atoms with Crippen LogP contribution in [-0.2, 0) is 21.2 Å². The minimum absolute atomic E-state index is 0.153. The van der Waals surface area contributed by atoms with Crippen LogP contribution in [0.2, 0.25) is 0 Å². The van der Waals surface area contributed by atoms with Gasteiger partial charge in [-0.2, -0.15) is 0 Å². The van der Waals surface area contributed by atoms with Crippen LogP contribution in [0.5, 0.6) is 0 Å². The van der Waals surface area contributed by atoms with Gasteiger partial charge in [0.2, 0.25) is 15.9 Å². The van der Waals surface area contributed by atoms with E-state index in [-0.39, 0.29) is 17.2 Å². The standard InChI is InChI=1S/C30H31N3O4S/c1-2-3-20-31-38(36,37)28-19-11-16-24-25(28)17-10-18-26(24)32-30(35)27(21-22-12-6-4-7-13-22)33-29(34)23-14-8-5-9-15-23/h4-19,27,31H,2-3,20-21H2,1H3,(H,32,35)(H,33,34)/t27-/m0/s1. The van der Waals surface area contributed by atoms with Gasteiger partial charge in [0.15, 0.2) is 0 Å². The van der Waals surface area contributed by atoms with Gasteiger partial charge in [0.25, 0.3) is 5.91 Å². The van der Waals surface area contributed by atoms with Gasteiger partial charge in [-0.15, -0.1) is 0 Å². The summed E-state index contributed by atoms with van der Waals surface area (Å²) >= 11 is 0. The number of anilines is 1. The van der Waals surface area contributed by atoms with E-state index in [4.69, 9.17) is 0 Å². The van der Waals surface area contributed by atoms with E-state index in [0.29, 0.717) is 28.6 Å². The van der Waals surface area contributed by atoms with Crippen LogP contribution in [0, 0.1) is 0 Å². The predicted molar refractivity (Wildman–Crippen MR) is 151 cm³/mol. The molecule has 0 bridgehead atoms. The Labute approximate surface area is 223 Å². The molecule has 3 N–H and O–H groups in total. The Morgan fingerprint density at radius 3 is 2.16 bits per heavy atom. The highest BCUT2D eigenvalue weighted by molar-refractivity contribution is 7.89. The minimum Gasteiger partial charge on any atom is -0.340 e. The van der Waals surface area contributed by atoms with Crippen molar-refractivity contribution in [3.63, 3.8) is 0 Å². The molecule has 4 aromatic carbocycles. The van der Waals surface area contributed by atoms with E-state index in [1.54, 1.807) is 60.7 Å². The fourth-order valence-electron chi connectivity index (χ4n) is 4.20. The summed E-state index contributed by atoms with van der Waals surface area (Å²) in [5, 5.41) is 6.87. The lowest BCUT2D eigenvalue weighted by Crippen LogP contribution is -2.45. The van der Waals surface area contributed by atoms with Crippen molar-refractivity contribution >= 4 is 38.3 Å². The maximum atomic E-state index is 13.5. The van der Waals surface area contributed by atoms with Crippen molar-refractivity contribution in [3.05, 3.63) is 108 Å². The van der Waals surface area contributed by atoms with E-state index in [0.717, 1.165) is 18.4 Å². The van der Waals surface area contributed by atoms with E-state index >= 15 is 0 Å². The zero-order valence-electron chi connectivity index (χ0n) is 21.2. The summed E-state index contributed by atoms with van der Waals surface area (Å²) < 4.78 is 28.6. The van der Waals surface area contributed by atoms with Crippen LogP contribution in [0.3, 0.4) is 0 Å². The third-order valence-corrected chi connectivity index (χ3v) is 7.71. The van der Waals surface area contributed by atoms with Gasteiger partial charge in [-0.25, -0.2) is 13.1 Å². The second-order valence-corrected chi connectivity index (χ2v) is 10.7. The molecule has 0 heterocycles. The van der Waals surface area contributed by atoms with Crippen molar-refractivity contribution < 1.29 is 18.0 Å². The van der Waals surface area contributed by atoms with Crippen molar-refractivity contribution in [1.29, 1.82) is 0 Å². The SMILES string of the molecule is CCCCNS(=O)(=O)c1cccc2c(NC(=O)[C@H](Cc3ccccc3)NC(=O)c3ccccc3)cccc12. The summed E-state index contributed by atoms with van der Waals surface area (Å²) in [5.41, 5.74) is 1.81. The van der Waals surface area contributed by atoms with E-state index in [2.05, 4.69) is 15.4 Å². The third kappa shape index (κ3) is 6.65. The normalized spacial score (nSPS) is 12.1. The Balaban J connectivity index is 1.62. The molecular formula is C30H31N3O4S. The number of benzene rings is 4. The number of rotatable bonds is 11. The second-order valence-electron chi connectivity index (χ2n) is 8.98. The quantitative estimate of drug-likeness (QED) is 0.241. The first-order valence-electron chi connectivity index (χ1n) is 12.6. The number of nitrogens with one attached hydrogen (secondary N) is 3.